The third-order valence-electron chi connectivity index (χ3n) is 3.44. The summed E-state index contributed by atoms with van der Waals surface area (Å²) in [6.45, 7) is 4.20. The Balaban J connectivity index is 2.09. The SMILES string of the molecule is Cc1cc(NC(=O)C2CCOC2C)ccc1C(=O)O. The fourth-order valence-corrected chi connectivity index (χ4v) is 2.29. The van der Waals surface area contributed by atoms with Gasteiger partial charge < -0.3 is 15.2 Å². The van der Waals surface area contributed by atoms with Gasteiger partial charge in [-0.25, -0.2) is 4.79 Å². The molecule has 1 aromatic carbocycles. The molecule has 5 nitrogen and oxygen atoms in total. The molecule has 2 N–H and O–H groups in total. The molecule has 1 aliphatic rings. The first-order valence-electron chi connectivity index (χ1n) is 6.25. The van der Waals surface area contributed by atoms with Crippen molar-refractivity contribution in [2.75, 3.05) is 11.9 Å². The third-order valence-corrected chi connectivity index (χ3v) is 3.44. The van der Waals surface area contributed by atoms with E-state index in [0.29, 0.717) is 17.9 Å². The van der Waals surface area contributed by atoms with Gasteiger partial charge in [-0.1, -0.05) is 0 Å². The summed E-state index contributed by atoms with van der Waals surface area (Å²) in [5.41, 5.74) is 1.49. The Bertz CT molecular complexity index is 512. The first-order chi connectivity index (χ1) is 8.99. The molecule has 0 bridgehead atoms. The molecule has 2 rings (SSSR count). The van der Waals surface area contributed by atoms with E-state index in [1.165, 1.54) is 6.07 Å². The fraction of sp³-hybridized carbons (Fsp3) is 0.429. The van der Waals surface area contributed by atoms with E-state index in [2.05, 4.69) is 5.32 Å². The maximum Gasteiger partial charge on any atom is 0.335 e. The zero-order valence-electron chi connectivity index (χ0n) is 11.0. The van der Waals surface area contributed by atoms with Crippen LogP contribution in [0.3, 0.4) is 0 Å². The smallest absolute Gasteiger partial charge is 0.335 e. The molecule has 1 amide bonds. The Morgan fingerprint density at radius 1 is 1.42 bits per heavy atom. The lowest BCUT2D eigenvalue weighted by molar-refractivity contribution is -0.121. The number of carboxylic acids is 1. The summed E-state index contributed by atoms with van der Waals surface area (Å²) < 4.78 is 5.36. The first-order valence-corrected chi connectivity index (χ1v) is 6.25. The number of carbonyl (C=O) groups excluding carboxylic acids is 1. The molecular weight excluding hydrogens is 246 g/mol. The second-order valence-corrected chi connectivity index (χ2v) is 4.80. The van der Waals surface area contributed by atoms with Gasteiger partial charge in [-0.15, -0.1) is 0 Å². The molecule has 2 atom stereocenters. The van der Waals surface area contributed by atoms with E-state index >= 15 is 0 Å². The Morgan fingerprint density at radius 2 is 2.16 bits per heavy atom. The standard InChI is InChI=1S/C14H17NO4/c1-8-7-10(3-4-11(8)14(17)18)15-13(16)12-5-6-19-9(12)2/h3-4,7,9,12H,5-6H2,1-2H3,(H,15,16)(H,17,18). The van der Waals surface area contributed by atoms with Crippen molar-refractivity contribution in [3.63, 3.8) is 0 Å². The Kier molecular flexibility index (Phi) is 3.85. The molecule has 1 saturated heterocycles. The van der Waals surface area contributed by atoms with E-state index in [-0.39, 0.29) is 23.5 Å². The van der Waals surface area contributed by atoms with Crippen LogP contribution in [-0.2, 0) is 9.53 Å². The third kappa shape index (κ3) is 2.93. The van der Waals surface area contributed by atoms with E-state index in [0.717, 1.165) is 6.42 Å². The molecule has 0 spiro atoms. The maximum absolute atomic E-state index is 12.0. The van der Waals surface area contributed by atoms with Gasteiger partial charge in [-0.2, -0.15) is 0 Å². The lowest BCUT2D eigenvalue weighted by atomic mass is 10.0. The van der Waals surface area contributed by atoms with Gasteiger partial charge in [0.05, 0.1) is 17.6 Å². The highest BCUT2D eigenvalue weighted by molar-refractivity contribution is 5.94. The van der Waals surface area contributed by atoms with Crippen molar-refractivity contribution in [2.45, 2.75) is 26.4 Å². The van der Waals surface area contributed by atoms with Crippen molar-refractivity contribution >= 4 is 17.6 Å². The van der Waals surface area contributed by atoms with Crippen molar-refractivity contribution in [1.29, 1.82) is 0 Å². The first kappa shape index (κ1) is 13.5. The summed E-state index contributed by atoms with van der Waals surface area (Å²) in [5, 5.41) is 11.8. The van der Waals surface area contributed by atoms with Crippen molar-refractivity contribution < 1.29 is 19.4 Å². The predicted octanol–water partition coefficient (Wildman–Crippen LogP) is 2.06. The number of benzene rings is 1. The molecule has 19 heavy (non-hydrogen) atoms. The average Bonchev–Trinajstić information content (AvgIpc) is 2.75. The largest absolute Gasteiger partial charge is 0.478 e. The number of carboxylic acid groups (broad SMARTS) is 1. The molecular formula is C14H17NO4. The van der Waals surface area contributed by atoms with E-state index in [4.69, 9.17) is 9.84 Å². The van der Waals surface area contributed by atoms with Crippen LogP contribution >= 0.6 is 0 Å². The lowest BCUT2D eigenvalue weighted by Gasteiger charge is -2.14. The number of hydrogen-bond acceptors (Lipinski definition) is 3. The molecule has 0 radical (unpaired) electrons. The van der Waals surface area contributed by atoms with Gasteiger partial charge in [-0.3, -0.25) is 4.79 Å². The summed E-state index contributed by atoms with van der Waals surface area (Å²) in [5.74, 6) is -1.18. The number of rotatable bonds is 3. The highest BCUT2D eigenvalue weighted by atomic mass is 16.5. The Labute approximate surface area is 111 Å². The summed E-state index contributed by atoms with van der Waals surface area (Å²) in [6, 6.07) is 4.78. The number of nitrogens with one attached hydrogen (secondary N) is 1. The zero-order chi connectivity index (χ0) is 14.0. The maximum atomic E-state index is 12.0. The second kappa shape index (κ2) is 5.40. The molecule has 1 aliphatic heterocycles. The van der Waals surface area contributed by atoms with Gasteiger partial charge in [0.15, 0.2) is 0 Å². The number of aromatic carboxylic acids is 1. The van der Waals surface area contributed by atoms with Crippen LogP contribution < -0.4 is 5.32 Å². The number of amides is 1. The molecule has 1 aromatic rings. The topological polar surface area (TPSA) is 75.6 Å². The van der Waals surface area contributed by atoms with E-state index in [1.807, 2.05) is 6.92 Å². The van der Waals surface area contributed by atoms with Gasteiger partial charge in [0, 0.05) is 12.3 Å². The summed E-state index contributed by atoms with van der Waals surface area (Å²) in [4.78, 5) is 23.0. The number of aryl methyl sites for hydroxylation is 1. The molecule has 0 aromatic heterocycles. The molecule has 0 aliphatic carbocycles. The minimum Gasteiger partial charge on any atom is -0.478 e. The molecule has 5 heteroatoms. The molecule has 2 unspecified atom stereocenters. The number of ether oxygens (including phenoxy) is 1. The zero-order valence-corrected chi connectivity index (χ0v) is 11.0. The van der Waals surface area contributed by atoms with Crippen LogP contribution in [0, 0.1) is 12.8 Å². The minimum absolute atomic E-state index is 0.0700. The van der Waals surface area contributed by atoms with E-state index < -0.39 is 5.97 Å². The molecule has 1 heterocycles. The summed E-state index contributed by atoms with van der Waals surface area (Å²) >= 11 is 0. The average molecular weight is 263 g/mol. The van der Waals surface area contributed by atoms with E-state index in [9.17, 15) is 9.59 Å². The predicted molar refractivity (Wildman–Crippen MR) is 70.3 cm³/mol. The van der Waals surface area contributed by atoms with Crippen LogP contribution in [-0.4, -0.2) is 29.7 Å². The summed E-state index contributed by atoms with van der Waals surface area (Å²) in [6.07, 6.45) is 0.651. The van der Waals surface area contributed by atoms with Crippen molar-refractivity contribution in [2.24, 2.45) is 5.92 Å². The molecule has 1 fully saturated rings. The van der Waals surface area contributed by atoms with Gasteiger partial charge >= 0.3 is 5.97 Å². The highest BCUT2D eigenvalue weighted by Crippen LogP contribution is 2.23. The van der Waals surface area contributed by atoms with Crippen LogP contribution in [0.25, 0.3) is 0 Å². The second-order valence-electron chi connectivity index (χ2n) is 4.80. The molecule has 102 valence electrons. The van der Waals surface area contributed by atoms with Gasteiger partial charge in [0.25, 0.3) is 0 Å². The number of anilines is 1. The summed E-state index contributed by atoms with van der Waals surface area (Å²) in [7, 11) is 0. The van der Waals surface area contributed by atoms with Crippen LogP contribution in [0.5, 0.6) is 0 Å². The van der Waals surface area contributed by atoms with Gasteiger partial charge in [-0.05, 0) is 44.0 Å². The van der Waals surface area contributed by atoms with Crippen molar-refractivity contribution in [3.05, 3.63) is 29.3 Å². The fourth-order valence-electron chi connectivity index (χ4n) is 2.29. The van der Waals surface area contributed by atoms with Crippen LogP contribution in [0.4, 0.5) is 5.69 Å². The monoisotopic (exact) mass is 263 g/mol. The Hall–Kier alpha value is -1.88. The number of carbonyl (C=O) groups is 2. The Morgan fingerprint density at radius 3 is 2.68 bits per heavy atom. The minimum atomic E-state index is -0.965. The highest BCUT2D eigenvalue weighted by Gasteiger charge is 2.30. The number of hydrogen-bond donors (Lipinski definition) is 2. The van der Waals surface area contributed by atoms with Gasteiger partial charge in [0.2, 0.25) is 5.91 Å². The van der Waals surface area contributed by atoms with Gasteiger partial charge in [0.1, 0.15) is 0 Å². The van der Waals surface area contributed by atoms with Crippen LogP contribution in [0.15, 0.2) is 18.2 Å². The molecule has 0 saturated carbocycles. The normalized spacial score (nSPS) is 22.2. The van der Waals surface area contributed by atoms with Crippen LogP contribution in [0.1, 0.15) is 29.3 Å². The lowest BCUT2D eigenvalue weighted by Crippen LogP contribution is -2.27. The van der Waals surface area contributed by atoms with Crippen LogP contribution in [0.2, 0.25) is 0 Å². The van der Waals surface area contributed by atoms with E-state index in [1.54, 1.807) is 19.1 Å². The van der Waals surface area contributed by atoms with Crippen molar-refractivity contribution in [3.8, 4) is 0 Å². The quantitative estimate of drug-likeness (QED) is 0.875. The van der Waals surface area contributed by atoms with Crippen molar-refractivity contribution in [1.82, 2.24) is 0 Å².